The fourth-order valence-corrected chi connectivity index (χ4v) is 3.34. The van der Waals surface area contributed by atoms with Crippen LogP contribution in [-0.2, 0) is 19.5 Å². The molecule has 0 N–H and O–H groups in total. The van der Waals surface area contributed by atoms with Gasteiger partial charge in [0.2, 0.25) is 5.13 Å². The Labute approximate surface area is 126 Å². The fraction of sp³-hybridized carbons (Fsp3) is 0.286. The van der Waals surface area contributed by atoms with Crippen LogP contribution in [-0.4, -0.2) is 31.5 Å². The van der Waals surface area contributed by atoms with Gasteiger partial charge in [-0.1, -0.05) is 41.7 Å². The molecule has 3 heterocycles. The molecule has 2 aromatic heterocycles. The Morgan fingerprint density at radius 2 is 2.00 bits per heavy atom. The van der Waals surface area contributed by atoms with Crippen molar-refractivity contribution in [3.63, 3.8) is 0 Å². The van der Waals surface area contributed by atoms with E-state index in [1.807, 2.05) is 10.7 Å². The largest absolute Gasteiger partial charge is 0.337 e. The highest BCUT2D eigenvalue weighted by atomic mass is 32.1. The Kier molecular flexibility index (Phi) is 3.11. The van der Waals surface area contributed by atoms with Gasteiger partial charge in [-0.15, -0.1) is 10.2 Å². The molecule has 4 rings (SSSR count). The predicted octanol–water partition coefficient (Wildman–Crippen LogP) is 1.74. The van der Waals surface area contributed by atoms with Crippen molar-refractivity contribution >= 4 is 16.5 Å². The highest BCUT2D eigenvalue weighted by molar-refractivity contribution is 7.15. The van der Waals surface area contributed by atoms with Crippen molar-refractivity contribution in [2.24, 2.45) is 0 Å². The summed E-state index contributed by atoms with van der Waals surface area (Å²) in [5.41, 5.74) is 1.26. The highest BCUT2D eigenvalue weighted by Crippen LogP contribution is 2.25. The third-order valence-corrected chi connectivity index (χ3v) is 4.52. The maximum absolute atomic E-state index is 4.33. The molecule has 0 bridgehead atoms. The Balaban J connectivity index is 1.50. The SMILES string of the molecule is c1ccc(Cc2nnc(N3CCn4ncnc4C3)s2)cc1. The van der Waals surface area contributed by atoms with E-state index in [1.54, 1.807) is 17.7 Å². The molecule has 0 saturated heterocycles. The number of hydrogen-bond acceptors (Lipinski definition) is 6. The van der Waals surface area contributed by atoms with Crippen LogP contribution in [0, 0.1) is 0 Å². The zero-order chi connectivity index (χ0) is 14.1. The standard InChI is InChI=1S/C14H14N6S/c1-2-4-11(5-3-1)8-13-17-18-14(21-13)19-6-7-20-12(9-19)15-10-16-20/h1-5,10H,6-9H2. The number of rotatable bonds is 3. The highest BCUT2D eigenvalue weighted by Gasteiger charge is 2.20. The summed E-state index contributed by atoms with van der Waals surface area (Å²) in [6.45, 7) is 2.50. The second-order valence-electron chi connectivity index (χ2n) is 4.96. The average molecular weight is 298 g/mol. The van der Waals surface area contributed by atoms with Crippen LogP contribution < -0.4 is 4.90 Å². The number of hydrogen-bond donors (Lipinski definition) is 0. The molecule has 1 aromatic carbocycles. The molecule has 0 atom stereocenters. The molecule has 0 radical (unpaired) electrons. The van der Waals surface area contributed by atoms with Crippen LogP contribution in [0.25, 0.3) is 0 Å². The third kappa shape index (κ3) is 2.52. The Bertz CT molecular complexity index is 735. The summed E-state index contributed by atoms with van der Waals surface area (Å²) >= 11 is 1.66. The summed E-state index contributed by atoms with van der Waals surface area (Å²) in [5.74, 6) is 0.987. The quantitative estimate of drug-likeness (QED) is 0.737. The first-order chi connectivity index (χ1) is 10.4. The third-order valence-electron chi connectivity index (χ3n) is 3.53. The van der Waals surface area contributed by atoms with Gasteiger partial charge in [0.25, 0.3) is 0 Å². The van der Waals surface area contributed by atoms with E-state index in [2.05, 4.69) is 49.4 Å². The molecule has 106 valence electrons. The lowest BCUT2D eigenvalue weighted by molar-refractivity contribution is 0.511. The second kappa shape index (κ2) is 5.25. The zero-order valence-electron chi connectivity index (χ0n) is 11.4. The Hall–Kier alpha value is -2.28. The minimum atomic E-state index is 0.750. The Morgan fingerprint density at radius 3 is 2.90 bits per heavy atom. The van der Waals surface area contributed by atoms with Crippen LogP contribution in [0.15, 0.2) is 36.7 Å². The minimum absolute atomic E-state index is 0.750. The number of aromatic nitrogens is 5. The Morgan fingerprint density at radius 1 is 1.10 bits per heavy atom. The molecule has 0 amide bonds. The van der Waals surface area contributed by atoms with Crippen molar-refractivity contribution in [2.75, 3.05) is 11.4 Å². The van der Waals surface area contributed by atoms with Crippen molar-refractivity contribution in [2.45, 2.75) is 19.5 Å². The van der Waals surface area contributed by atoms with Crippen LogP contribution in [0.4, 0.5) is 5.13 Å². The second-order valence-corrected chi connectivity index (χ2v) is 6.00. The van der Waals surface area contributed by atoms with Crippen molar-refractivity contribution < 1.29 is 0 Å². The van der Waals surface area contributed by atoms with Gasteiger partial charge in [-0.2, -0.15) is 5.10 Å². The summed E-state index contributed by atoms with van der Waals surface area (Å²) in [6, 6.07) is 10.4. The summed E-state index contributed by atoms with van der Waals surface area (Å²) in [5, 5.41) is 14.8. The molecule has 21 heavy (non-hydrogen) atoms. The van der Waals surface area contributed by atoms with E-state index in [0.29, 0.717) is 0 Å². The van der Waals surface area contributed by atoms with Crippen molar-refractivity contribution in [1.29, 1.82) is 0 Å². The summed E-state index contributed by atoms with van der Waals surface area (Å²) in [7, 11) is 0. The van der Waals surface area contributed by atoms with Crippen LogP contribution in [0.5, 0.6) is 0 Å². The zero-order valence-corrected chi connectivity index (χ0v) is 12.2. The van der Waals surface area contributed by atoms with Crippen molar-refractivity contribution in [3.05, 3.63) is 53.1 Å². The molecule has 0 fully saturated rings. The number of anilines is 1. The smallest absolute Gasteiger partial charge is 0.208 e. The van der Waals surface area contributed by atoms with Gasteiger partial charge in [0.15, 0.2) is 0 Å². The monoisotopic (exact) mass is 298 g/mol. The minimum Gasteiger partial charge on any atom is -0.337 e. The molecular weight excluding hydrogens is 284 g/mol. The van der Waals surface area contributed by atoms with Gasteiger partial charge in [0.05, 0.1) is 13.1 Å². The van der Waals surface area contributed by atoms with E-state index in [0.717, 1.165) is 42.0 Å². The molecule has 3 aromatic rings. The van der Waals surface area contributed by atoms with Crippen LogP contribution in [0.3, 0.4) is 0 Å². The van der Waals surface area contributed by atoms with Gasteiger partial charge in [-0.05, 0) is 5.56 Å². The van der Waals surface area contributed by atoms with Gasteiger partial charge in [0, 0.05) is 13.0 Å². The molecule has 0 saturated carbocycles. The first kappa shape index (κ1) is 12.5. The summed E-state index contributed by atoms with van der Waals surface area (Å²) in [6.07, 6.45) is 2.45. The van der Waals surface area contributed by atoms with Crippen molar-refractivity contribution in [3.8, 4) is 0 Å². The van der Waals surface area contributed by atoms with Gasteiger partial charge in [0.1, 0.15) is 17.2 Å². The van der Waals surface area contributed by atoms with Crippen LogP contribution >= 0.6 is 11.3 Å². The average Bonchev–Trinajstić information content (AvgIpc) is 3.16. The number of benzene rings is 1. The maximum Gasteiger partial charge on any atom is 0.208 e. The number of fused-ring (bicyclic) bond motifs is 1. The van der Waals surface area contributed by atoms with E-state index in [-0.39, 0.29) is 0 Å². The van der Waals surface area contributed by atoms with Gasteiger partial charge < -0.3 is 4.90 Å². The summed E-state index contributed by atoms with van der Waals surface area (Å²) < 4.78 is 1.95. The van der Waals surface area contributed by atoms with E-state index < -0.39 is 0 Å². The number of nitrogens with zero attached hydrogens (tertiary/aromatic N) is 6. The molecule has 1 aliphatic heterocycles. The first-order valence-corrected chi connectivity index (χ1v) is 7.68. The molecule has 0 aliphatic carbocycles. The fourth-order valence-electron chi connectivity index (χ4n) is 2.44. The van der Waals surface area contributed by atoms with Gasteiger partial charge in [-0.25, -0.2) is 9.67 Å². The topological polar surface area (TPSA) is 59.7 Å². The van der Waals surface area contributed by atoms with Crippen LogP contribution in [0.1, 0.15) is 16.4 Å². The first-order valence-electron chi connectivity index (χ1n) is 6.86. The molecule has 6 nitrogen and oxygen atoms in total. The van der Waals surface area contributed by atoms with E-state index in [1.165, 1.54) is 5.56 Å². The van der Waals surface area contributed by atoms with E-state index >= 15 is 0 Å². The molecular formula is C14H14N6S. The maximum atomic E-state index is 4.33. The predicted molar refractivity (Wildman–Crippen MR) is 80.2 cm³/mol. The van der Waals surface area contributed by atoms with Gasteiger partial charge >= 0.3 is 0 Å². The van der Waals surface area contributed by atoms with Gasteiger partial charge in [-0.3, -0.25) is 0 Å². The van der Waals surface area contributed by atoms with E-state index in [4.69, 9.17) is 0 Å². The molecule has 1 aliphatic rings. The lowest BCUT2D eigenvalue weighted by Gasteiger charge is -2.25. The lowest BCUT2D eigenvalue weighted by atomic mass is 10.2. The van der Waals surface area contributed by atoms with E-state index in [9.17, 15) is 0 Å². The molecule has 0 unspecified atom stereocenters. The normalized spacial score (nSPS) is 14.2. The lowest BCUT2D eigenvalue weighted by Crippen LogP contribution is -2.34. The summed E-state index contributed by atoms with van der Waals surface area (Å²) in [4.78, 5) is 6.49. The van der Waals surface area contributed by atoms with Crippen molar-refractivity contribution in [1.82, 2.24) is 25.0 Å². The molecule has 7 heteroatoms. The van der Waals surface area contributed by atoms with Crippen LogP contribution in [0.2, 0.25) is 0 Å². The molecule has 0 spiro atoms.